The summed E-state index contributed by atoms with van der Waals surface area (Å²) in [5, 5.41) is 31.7. The molecule has 0 aliphatic heterocycles. The van der Waals surface area contributed by atoms with E-state index in [0.717, 1.165) is 0 Å². The quantitative estimate of drug-likeness (QED) is 0.624. The molecule has 6 heteroatoms. The van der Waals surface area contributed by atoms with Crippen LogP contribution in [-0.2, 0) is 4.79 Å². The minimum absolute atomic E-state index is 0.200. The van der Waals surface area contributed by atoms with E-state index in [1.165, 1.54) is 6.92 Å². The Morgan fingerprint density at radius 3 is 2.14 bits per heavy atom. The molecule has 2 atom stereocenters. The molecule has 0 aromatic heterocycles. The molecule has 1 aromatic carbocycles. The maximum absolute atomic E-state index is 11.1. The zero-order chi connectivity index (χ0) is 16.2. The van der Waals surface area contributed by atoms with Gasteiger partial charge in [0.25, 0.3) is 0 Å². The number of aryl methyl sites for hydroxylation is 2. The van der Waals surface area contributed by atoms with Crippen molar-refractivity contribution in [1.29, 1.82) is 0 Å². The topological polar surface area (TPSA) is 107 Å². The number of aliphatic hydroxyl groups is 2. The molecule has 0 saturated carbocycles. The van der Waals surface area contributed by atoms with Crippen molar-refractivity contribution in [2.45, 2.75) is 39.4 Å². The van der Waals surface area contributed by atoms with Crippen LogP contribution in [0.4, 0.5) is 0 Å². The predicted molar refractivity (Wildman–Crippen MR) is 77.1 cm³/mol. The molecule has 6 nitrogen and oxygen atoms in total. The van der Waals surface area contributed by atoms with Gasteiger partial charge in [0, 0.05) is 13.5 Å². The fourth-order valence-corrected chi connectivity index (χ4v) is 2.28. The second-order valence-electron chi connectivity index (χ2n) is 5.12. The molecule has 0 spiro atoms. The summed E-state index contributed by atoms with van der Waals surface area (Å²) in [6.45, 7) is 4.94. The highest BCUT2D eigenvalue weighted by Crippen LogP contribution is 2.24. The lowest BCUT2D eigenvalue weighted by Crippen LogP contribution is -2.27. The SMILES string of the molecule is CC(=O)NCCC(O)C(O)c1cc(C)c(C(=O)O)c(C)c1. The average Bonchev–Trinajstić information content (AvgIpc) is 2.35. The van der Waals surface area contributed by atoms with Crippen LogP contribution in [0.15, 0.2) is 12.1 Å². The Hall–Kier alpha value is -1.92. The number of carbonyl (C=O) groups excluding carboxylic acids is 1. The van der Waals surface area contributed by atoms with Gasteiger partial charge >= 0.3 is 5.97 Å². The summed E-state index contributed by atoms with van der Waals surface area (Å²) in [6, 6.07) is 3.12. The van der Waals surface area contributed by atoms with Gasteiger partial charge in [0.05, 0.1) is 11.7 Å². The number of nitrogens with one attached hydrogen (secondary N) is 1. The van der Waals surface area contributed by atoms with Gasteiger partial charge in [-0.05, 0) is 37.0 Å². The van der Waals surface area contributed by atoms with Crippen LogP contribution in [0.5, 0.6) is 0 Å². The number of aliphatic hydroxyl groups excluding tert-OH is 2. The molecule has 2 unspecified atom stereocenters. The molecule has 0 bridgehead atoms. The van der Waals surface area contributed by atoms with Crippen molar-refractivity contribution in [1.82, 2.24) is 5.32 Å². The molecule has 1 rings (SSSR count). The standard InChI is InChI=1S/C15H21NO5/c1-8-6-11(7-9(2)13(8)15(20)21)14(19)12(18)4-5-16-10(3)17/h6-7,12,14,18-19H,4-5H2,1-3H3,(H,16,17)(H,20,21). The van der Waals surface area contributed by atoms with Gasteiger partial charge in [-0.2, -0.15) is 0 Å². The highest BCUT2D eigenvalue weighted by Gasteiger charge is 2.21. The Morgan fingerprint density at radius 1 is 1.19 bits per heavy atom. The fourth-order valence-electron chi connectivity index (χ4n) is 2.28. The van der Waals surface area contributed by atoms with Gasteiger partial charge in [-0.15, -0.1) is 0 Å². The zero-order valence-electron chi connectivity index (χ0n) is 12.4. The lowest BCUT2D eigenvalue weighted by atomic mass is 9.94. The summed E-state index contributed by atoms with van der Waals surface area (Å²) in [5.74, 6) is -1.22. The number of carboxylic acid groups (broad SMARTS) is 1. The van der Waals surface area contributed by atoms with Crippen molar-refractivity contribution >= 4 is 11.9 Å². The molecule has 0 saturated heterocycles. The van der Waals surface area contributed by atoms with Crippen LogP contribution in [0.25, 0.3) is 0 Å². The minimum Gasteiger partial charge on any atom is -0.478 e. The molecule has 0 heterocycles. The normalized spacial score (nSPS) is 13.6. The zero-order valence-corrected chi connectivity index (χ0v) is 12.4. The van der Waals surface area contributed by atoms with Gasteiger partial charge in [0.1, 0.15) is 6.10 Å². The average molecular weight is 295 g/mol. The Bertz CT molecular complexity index is 518. The third-order valence-electron chi connectivity index (χ3n) is 3.29. The third-order valence-corrected chi connectivity index (χ3v) is 3.29. The molecule has 0 aliphatic rings. The summed E-state index contributed by atoms with van der Waals surface area (Å²) >= 11 is 0. The van der Waals surface area contributed by atoms with Crippen LogP contribution >= 0.6 is 0 Å². The van der Waals surface area contributed by atoms with E-state index in [1.54, 1.807) is 26.0 Å². The maximum atomic E-state index is 11.1. The molecule has 4 N–H and O–H groups in total. The second kappa shape index (κ2) is 7.19. The van der Waals surface area contributed by atoms with E-state index in [9.17, 15) is 19.8 Å². The molecule has 116 valence electrons. The van der Waals surface area contributed by atoms with Gasteiger partial charge in [0.15, 0.2) is 0 Å². The molecule has 0 radical (unpaired) electrons. The van der Waals surface area contributed by atoms with Crippen molar-refractivity contribution in [2.75, 3.05) is 6.54 Å². The first-order valence-electron chi connectivity index (χ1n) is 6.69. The number of amides is 1. The third kappa shape index (κ3) is 4.54. The van der Waals surface area contributed by atoms with E-state index in [2.05, 4.69) is 5.32 Å². The van der Waals surface area contributed by atoms with Crippen LogP contribution in [0.1, 0.15) is 46.5 Å². The number of hydrogen-bond donors (Lipinski definition) is 4. The lowest BCUT2D eigenvalue weighted by molar-refractivity contribution is -0.119. The van der Waals surface area contributed by atoms with Crippen LogP contribution in [-0.4, -0.2) is 39.8 Å². The van der Waals surface area contributed by atoms with Gasteiger partial charge in [0.2, 0.25) is 5.91 Å². The summed E-state index contributed by atoms with van der Waals surface area (Å²) in [5.41, 5.74) is 1.74. The summed E-state index contributed by atoms with van der Waals surface area (Å²) in [4.78, 5) is 21.9. The lowest BCUT2D eigenvalue weighted by Gasteiger charge is -2.20. The van der Waals surface area contributed by atoms with Crippen molar-refractivity contribution in [3.63, 3.8) is 0 Å². The van der Waals surface area contributed by atoms with E-state index in [0.29, 0.717) is 16.7 Å². The van der Waals surface area contributed by atoms with Crippen molar-refractivity contribution in [3.05, 3.63) is 34.4 Å². The molecule has 21 heavy (non-hydrogen) atoms. The van der Waals surface area contributed by atoms with Crippen LogP contribution in [0.3, 0.4) is 0 Å². The first-order valence-corrected chi connectivity index (χ1v) is 6.69. The molecule has 1 aromatic rings. The highest BCUT2D eigenvalue weighted by atomic mass is 16.4. The Morgan fingerprint density at radius 2 is 1.71 bits per heavy atom. The predicted octanol–water partition coefficient (Wildman–Crippen LogP) is 0.922. The molecule has 0 aliphatic carbocycles. The van der Waals surface area contributed by atoms with Crippen molar-refractivity contribution < 1.29 is 24.9 Å². The first kappa shape index (κ1) is 17.1. The summed E-state index contributed by atoms with van der Waals surface area (Å²) in [6.07, 6.45) is -1.95. The van der Waals surface area contributed by atoms with Crippen molar-refractivity contribution in [2.24, 2.45) is 0 Å². The van der Waals surface area contributed by atoms with E-state index < -0.39 is 18.2 Å². The Balaban J connectivity index is 2.85. The maximum Gasteiger partial charge on any atom is 0.336 e. The monoisotopic (exact) mass is 295 g/mol. The highest BCUT2D eigenvalue weighted by molar-refractivity contribution is 5.91. The number of hydrogen-bond acceptors (Lipinski definition) is 4. The number of carboxylic acids is 1. The number of aromatic carboxylic acids is 1. The summed E-state index contributed by atoms with van der Waals surface area (Å²) in [7, 11) is 0. The van der Waals surface area contributed by atoms with E-state index in [4.69, 9.17) is 5.11 Å². The molecular formula is C15H21NO5. The molecule has 0 fully saturated rings. The smallest absolute Gasteiger partial charge is 0.336 e. The van der Waals surface area contributed by atoms with Gasteiger partial charge in [-0.25, -0.2) is 4.79 Å². The van der Waals surface area contributed by atoms with Gasteiger partial charge < -0.3 is 20.6 Å². The van der Waals surface area contributed by atoms with Crippen LogP contribution < -0.4 is 5.32 Å². The fraction of sp³-hybridized carbons (Fsp3) is 0.467. The Kier molecular flexibility index (Phi) is 5.87. The largest absolute Gasteiger partial charge is 0.478 e. The van der Waals surface area contributed by atoms with Crippen molar-refractivity contribution in [3.8, 4) is 0 Å². The number of rotatable bonds is 6. The van der Waals surface area contributed by atoms with Gasteiger partial charge in [-0.1, -0.05) is 12.1 Å². The first-order chi connectivity index (χ1) is 9.73. The molecule has 1 amide bonds. The molecular weight excluding hydrogens is 274 g/mol. The number of carbonyl (C=O) groups is 2. The minimum atomic E-state index is -1.13. The van der Waals surface area contributed by atoms with E-state index in [1.807, 2.05) is 0 Å². The summed E-state index contributed by atoms with van der Waals surface area (Å²) < 4.78 is 0. The van der Waals surface area contributed by atoms with Crippen LogP contribution in [0.2, 0.25) is 0 Å². The van der Waals surface area contributed by atoms with Gasteiger partial charge in [-0.3, -0.25) is 4.79 Å². The van der Waals surface area contributed by atoms with E-state index >= 15 is 0 Å². The second-order valence-corrected chi connectivity index (χ2v) is 5.12. The Labute approximate surface area is 123 Å². The number of benzene rings is 1. The van der Waals surface area contributed by atoms with E-state index in [-0.39, 0.29) is 24.4 Å². The van der Waals surface area contributed by atoms with Crippen LogP contribution in [0, 0.1) is 13.8 Å².